The fourth-order valence-electron chi connectivity index (χ4n) is 7.39. The number of nitrogens with zero attached hydrogens (tertiary/aromatic N) is 1. The predicted molar refractivity (Wildman–Crippen MR) is 262 cm³/mol. The molecule has 0 aliphatic carbocycles. The zero-order valence-electron chi connectivity index (χ0n) is 40.1. The Hall–Kier alpha value is -6.03. The summed E-state index contributed by atoms with van der Waals surface area (Å²) in [7, 11) is 2.05. The summed E-state index contributed by atoms with van der Waals surface area (Å²) < 4.78 is 0. The van der Waals surface area contributed by atoms with Gasteiger partial charge in [0.05, 0.1) is 31.5 Å². The molecule has 0 radical (unpaired) electrons. The molecular weight excluding hydrogens is 967 g/mol. The van der Waals surface area contributed by atoms with E-state index in [0.29, 0.717) is 24.8 Å². The topological polar surface area (TPSA) is 412 Å². The Morgan fingerprint density at radius 2 is 1.42 bits per heavy atom. The Morgan fingerprint density at radius 3 is 2.06 bits per heavy atom. The maximum Gasteiger partial charge on any atom is 0.246 e. The highest BCUT2D eigenvalue weighted by atomic mass is 33.1. The van der Waals surface area contributed by atoms with Gasteiger partial charge in [-0.3, -0.25) is 52.7 Å². The standard InChI is InChI=1S/C44H69N13O12S2/c1-4-23(2)36-43(68)54-30(18-35(61)49-19-24(3)58)40(65)53-29(17-33(47)59)39(64)55-31(22-71-70-21-26(46)37(62)52-28(41(66)56-36)16-25-10-6-5-7-11-25)44(69)57-15-9-13-32(57)42(67)51-27(12-8-14-45)38(63)50-20-34(48)60/h5-7,10-11,23-24,26-32,36,58H,4,8-9,12-22,45-46H2,1-3H3,(H2,47,59)(H2,48,60)(H,49,61)(H,50,63)(H,51,67)(H,52,62)(H,53,65)(H,54,68)(H,55,64)(H,56,66)/t23-,24?,26-,27-,28-,29-,30-,31-,32-,36-/m0/s1. The third kappa shape index (κ3) is 19.9. The minimum Gasteiger partial charge on any atom is -0.392 e. The van der Waals surface area contributed by atoms with Gasteiger partial charge in [-0.05, 0) is 50.6 Å². The van der Waals surface area contributed by atoms with Gasteiger partial charge >= 0.3 is 0 Å². The van der Waals surface area contributed by atoms with E-state index in [4.69, 9.17) is 22.9 Å². The summed E-state index contributed by atoms with van der Waals surface area (Å²) in [6, 6.07) is -2.49. The van der Waals surface area contributed by atoms with Gasteiger partial charge in [0.15, 0.2) is 0 Å². The highest BCUT2D eigenvalue weighted by Crippen LogP contribution is 2.26. The van der Waals surface area contributed by atoms with Crippen LogP contribution in [0.5, 0.6) is 0 Å². The molecule has 11 amide bonds. The number of carbonyl (C=O) groups excluding carboxylic acids is 11. The van der Waals surface area contributed by atoms with Gasteiger partial charge in [-0.25, -0.2) is 0 Å². The highest BCUT2D eigenvalue weighted by molar-refractivity contribution is 8.76. The number of carbonyl (C=O) groups is 11. The molecule has 0 spiro atoms. The van der Waals surface area contributed by atoms with E-state index in [1.807, 2.05) is 0 Å². The number of amides is 11. The van der Waals surface area contributed by atoms with Crippen LogP contribution in [-0.2, 0) is 59.2 Å². The third-order valence-corrected chi connectivity index (χ3v) is 13.9. The van der Waals surface area contributed by atoms with Crippen LogP contribution in [-0.4, -0.2) is 167 Å². The Bertz CT molecular complexity index is 2050. The number of hydrogen-bond acceptors (Lipinski definition) is 16. The van der Waals surface area contributed by atoms with Crippen molar-refractivity contribution >= 4 is 86.6 Å². The molecule has 3 rings (SSSR count). The molecule has 25 nitrogen and oxygen atoms in total. The van der Waals surface area contributed by atoms with Crippen molar-refractivity contribution in [3.63, 3.8) is 0 Å². The fourth-order valence-corrected chi connectivity index (χ4v) is 9.66. The highest BCUT2D eigenvalue weighted by Gasteiger charge is 2.41. The van der Waals surface area contributed by atoms with Crippen molar-refractivity contribution in [1.29, 1.82) is 0 Å². The minimum atomic E-state index is -1.81. The summed E-state index contributed by atoms with van der Waals surface area (Å²) in [5.74, 6) is -10.5. The predicted octanol–water partition coefficient (Wildman–Crippen LogP) is -5.00. The molecule has 394 valence electrons. The molecule has 17 N–H and O–H groups in total. The molecule has 10 atom stereocenters. The summed E-state index contributed by atoms with van der Waals surface area (Å²) >= 11 is 0. The molecule has 2 saturated heterocycles. The number of aliphatic hydroxyl groups excluding tert-OH is 1. The number of nitrogens with two attached hydrogens (primary N) is 4. The third-order valence-electron chi connectivity index (χ3n) is 11.5. The van der Waals surface area contributed by atoms with E-state index >= 15 is 0 Å². The maximum atomic E-state index is 14.5. The van der Waals surface area contributed by atoms with Crippen molar-refractivity contribution in [1.82, 2.24) is 47.4 Å². The molecule has 0 saturated carbocycles. The van der Waals surface area contributed by atoms with Crippen LogP contribution in [0.4, 0.5) is 0 Å². The molecule has 1 aromatic rings. The van der Waals surface area contributed by atoms with Crippen LogP contribution in [0.25, 0.3) is 0 Å². The van der Waals surface area contributed by atoms with Gasteiger partial charge in [0.25, 0.3) is 0 Å². The Balaban J connectivity index is 2.07. The average Bonchev–Trinajstić information content (AvgIpc) is 3.83. The van der Waals surface area contributed by atoms with Crippen LogP contribution < -0.4 is 65.5 Å². The van der Waals surface area contributed by atoms with E-state index in [9.17, 15) is 57.8 Å². The van der Waals surface area contributed by atoms with Crippen LogP contribution >= 0.6 is 21.6 Å². The fraction of sp³-hybridized carbons (Fsp3) is 0.614. The van der Waals surface area contributed by atoms with Gasteiger partial charge in [-0.15, -0.1) is 0 Å². The van der Waals surface area contributed by atoms with E-state index in [0.717, 1.165) is 21.6 Å². The molecule has 71 heavy (non-hydrogen) atoms. The average molecular weight is 1040 g/mol. The Kier molecular flexibility index (Phi) is 25.0. The number of nitrogens with one attached hydrogen (secondary N) is 8. The summed E-state index contributed by atoms with van der Waals surface area (Å²) in [5, 5.41) is 30.0. The summed E-state index contributed by atoms with van der Waals surface area (Å²) in [5.41, 5.74) is 23.3. The number of hydrogen-bond donors (Lipinski definition) is 13. The zero-order valence-corrected chi connectivity index (χ0v) is 41.7. The molecule has 27 heteroatoms. The Labute approximate surface area is 419 Å². The van der Waals surface area contributed by atoms with Crippen molar-refractivity contribution in [3.8, 4) is 0 Å². The number of aliphatic hydroxyl groups is 1. The van der Waals surface area contributed by atoms with Gasteiger partial charge in [-0.2, -0.15) is 0 Å². The largest absolute Gasteiger partial charge is 0.392 e. The molecular formula is C44H69N13O12S2. The van der Waals surface area contributed by atoms with Gasteiger partial charge in [0.2, 0.25) is 65.0 Å². The Morgan fingerprint density at radius 1 is 0.803 bits per heavy atom. The number of primary amides is 2. The number of rotatable bonds is 19. The summed E-state index contributed by atoms with van der Waals surface area (Å²) in [6.45, 7) is 4.27. The number of likely N-dealkylation sites (tertiary alicyclic amines) is 1. The smallest absolute Gasteiger partial charge is 0.246 e. The first kappa shape index (κ1) is 59.3. The van der Waals surface area contributed by atoms with Crippen molar-refractivity contribution in [3.05, 3.63) is 35.9 Å². The van der Waals surface area contributed by atoms with E-state index < -0.39 is 145 Å². The lowest BCUT2D eigenvalue weighted by molar-refractivity contribution is -0.142. The lowest BCUT2D eigenvalue weighted by Gasteiger charge is -2.31. The molecule has 2 aliphatic rings. The second-order valence-corrected chi connectivity index (χ2v) is 19.9. The van der Waals surface area contributed by atoms with E-state index in [2.05, 4.69) is 42.5 Å². The minimum absolute atomic E-state index is 0.0204. The molecule has 2 aliphatic heterocycles. The van der Waals surface area contributed by atoms with Gasteiger partial charge in [0, 0.05) is 31.0 Å². The quantitative estimate of drug-likeness (QED) is 0.0577. The molecule has 0 bridgehead atoms. The van der Waals surface area contributed by atoms with E-state index in [1.165, 1.54) is 11.8 Å². The van der Waals surface area contributed by atoms with Crippen LogP contribution in [0.1, 0.15) is 71.3 Å². The normalized spacial score (nSPS) is 24.3. The van der Waals surface area contributed by atoms with Crippen molar-refractivity contribution < 1.29 is 57.8 Å². The van der Waals surface area contributed by atoms with E-state index in [-0.39, 0.29) is 50.4 Å². The van der Waals surface area contributed by atoms with Gasteiger partial charge in [-0.1, -0.05) is 72.2 Å². The first-order chi connectivity index (χ1) is 33.6. The van der Waals surface area contributed by atoms with Crippen molar-refractivity contribution in [2.75, 3.05) is 37.7 Å². The first-order valence-corrected chi connectivity index (χ1v) is 25.8. The van der Waals surface area contributed by atoms with Crippen molar-refractivity contribution in [2.45, 2.75) is 127 Å². The van der Waals surface area contributed by atoms with Crippen LogP contribution in [0.3, 0.4) is 0 Å². The number of benzene rings is 1. The molecule has 2 fully saturated rings. The second-order valence-electron chi connectivity index (χ2n) is 17.4. The zero-order chi connectivity index (χ0) is 52.8. The van der Waals surface area contributed by atoms with Gasteiger partial charge in [0.1, 0.15) is 42.3 Å². The molecule has 0 aromatic heterocycles. The molecule has 2 heterocycles. The SMILES string of the molecule is CC[C@H](C)[C@@H]1NC(=O)[C@H](Cc2ccccc2)NC(=O)[C@@H](N)CSSC[C@@H](C(=O)N2CCC[C@H]2C(=O)N[C@@H](CCCN)C(=O)NCC(N)=O)NC(=O)[C@H](CC(N)=O)NC(=O)[C@H](CC(=O)NCC(C)O)NC1=O. The van der Waals surface area contributed by atoms with Crippen LogP contribution in [0, 0.1) is 5.92 Å². The van der Waals surface area contributed by atoms with Crippen molar-refractivity contribution in [2.24, 2.45) is 28.9 Å². The van der Waals surface area contributed by atoms with Gasteiger partial charge < -0.3 is 75.5 Å². The molecule has 1 aromatic carbocycles. The van der Waals surface area contributed by atoms with Crippen LogP contribution in [0.15, 0.2) is 30.3 Å². The van der Waals surface area contributed by atoms with Crippen LogP contribution in [0.2, 0.25) is 0 Å². The lowest BCUT2D eigenvalue weighted by atomic mass is 9.96. The summed E-state index contributed by atoms with van der Waals surface area (Å²) in [6.07, 6.45) is -1.40. The summed E-state index contributed by atoms with van der Waals surface area (Å²) in [4.78, 5) is 150. The lowest BCUT2D eigenvalue weighted by Crippen LogP contribution is -2.62. The molecule has 1 unspecified atom stereocenters. The maximum absolute atomic E-state index is 14.5. The first-order valence-electron chi connectivity index (χ1n) is 23.3. The monoisotopic (exact) mass is 1040 g/mol. The van der Waals surface area contributed by atoms with E-state index in [1.54, 1.807) is 44.2 Å². The second kappa shape index (κ2) is 30.0.